The molecular weight excluding hydrogens is 400 g/mol. The molecule has 3 rings (SSSR count). The molecule has 154 valence electrons. The predicted molar refractivity (Wildman–Crippen MR) is 115 cm³/mol. The Morgan fingerprint density at radius 1 is 0.900 bits per heavy atom. The molecule has 0 radical (unpaired) electrons. The summed E-state index contributed by atoms with van der Waals surface area (Å²) in [5.74, 6) is -0.506. The monoisotopic (exact) mass is 422 g/mol. The number of benzene rings is 3. The van der Waals surface area contributed by atoms with Gasteiger partial charge in [-0.05, 0) is 24.6 Å². The van der Waals surface area contributed by atoms with Crippen LogP contribution in [-0.2, 0) is 19.6 Å². The summed E-state index contributed by atoms with van der Waals surface area (Å²) in [5, 5.41) is 4.20. The van der Waals surface area contributed by atoms with Gasteiger partial charge in [0.1, 0.15) is 5.71 Å². The third-order valence-electron chi connectivity index (χ3n) is 4.32. The molecule has 3 aromatic rings. The van der Waals surface area contributed by atoms with Gasteiger partial charge >= 0.3 is 5.97 Å². The summed E-state index contributed by atoms with van der Waals surface area (Å²) in [6, 6.07) is 24.5. The van der Waals surface area contributed by atoms with Crippen LogP contribution in [0.4, 0.5) is 0 Å². The number of nitrogens with one attached hydrogen (secondary N) is 1. The quantitative estimate of drug-likeness (QED) is 0.355. The molecule has 1 atom stereocenters. The smallest absolute Gasteiger partial charge is 0.303 e. The number of hydrazone groups is 1. The van der Waals surface area contributed by atoms with E-state index in [1.165, 1.54) is 19.1 Å². The first-order chi connectivity index (χ1) is 14.4. The van der Waals surface area contributed by atoms with Gasteiger partial charge in [-0.25, -0.2) is 0 Å². The molecule has 0 saturated heterocycles. The number of rotatable bonds is 7. The number of carbonyl (C=O) groups excluding carboxylic acids is 1. The van der Waals surface area contributed by atoms with Gasteiger partial charge in [-0.3, -0.25) is 4.79 Å². The first kappa shape index (κ1) is 21.3. The maximum absolute atomic E-state index is 12.7. The fourth-order valence-corrected chi connectivity index (χ4v) is 3.66. The lowest BCUT2D eigenvalue weighted by molar-refractivity contribution is -0.143. The highest BCUT2D eigenvalue weighted by Crippen LogP contribution is 2.24. The Kier molecular flexibility index (Phi) is 6.64. The highest BCUT2D eigenvalue weighted by atomic mass is 32.2. The number of hydrogen-bond donors (Lipinski definition) is 1. The standard InChI is InChI=1S/C23H22N2O4S/c1-17-13-15-21(16-14-17)30(27,28)25-24-22(19-9-5-3-6-10-19)23(29-18(2)26)20-11-7-4-8-12-20/h3-16,23,25H,1-2H3/b24-22+. The van der Waals surface area contributed by atoms with E-state index in [4.69, 9.17) is 4.74 Å². The fourth-order valence-electron chi connectivity index (χ4n) is 2.84. The van der Waals surface area contributed by atoms with E-state index in [2.05, 4.69) is 9.93 Å². The van der Waals surface area contributed by atoms with Gasteiger partial charge in [0.15, 0.2) is 6.10 Å². The summed E-state index contributed by atoms with van der Waals surface area (Å²) < 4.78 is 31.0. The highest BCUT2D eigenvalue weighted by Gasteiger charge is 2.24. The van der Waals surface area contributed by atoms with Crippen LogP contribution in [0.15, 0.2) is 94.9 Å². The fraction of sp³-hybridized carbons (Fsp3) is 0.130. The van der Waals surface area contributed by atoms with Crippen LogP contribution in [0.1, 0.15) is 29.7 Å². The van der Waals surface area contributed by atoms with Gasteiger partial charge in [0, 0.05) is 12.5 Å². The SMILES string of the molecule is CC(=O)OC(/C(=N/NS(=O)(=O)c1ccc(C)cc1)c1ccccc1)c1ccccc1. The van der Waals surface area contributed by atoms with E-state index in [9.17, 15) is 13.2 Å². The molecule has 1 unspecified atom stereocenters. The Morgan fingerprint density at radius 3 is 2.03 bits per heavy atom. The Bertz CT molecular complexity index is 1130. The van der Waals surface area contributed by atoms with Crippen molar-refractivity contribution in [1.29, 1.82) is 0 Å². The second-order valence-corrected chi connectivity index (χ2v) is 8.33. The van der Waals surface area contributed by atoms with Gasteiger partial charge in [-0.2, -0.15) is 18.4 Å². The lowest BCUT2D eigenvalue weighted by Gasteiger charge is -2.20. The molecule has 0 saturated carbocycles. The zero-order valence-electron chi connectivity index (χ0n) is 16.6. The minimum Gasteiger partial charge on any atom is -0.451 e. The van der Waals surface area contributed by atoms with E-state index >= 15 is 0 Å². The van der Waals surface area contributed by atoms with E-state index in [1.807, 2.05) is 31.2 Å². The third-order valence-corrected chi connectivity index (χ3v) is 5.55. The van der Waals surface area contributed by atoms with Gasteiger partial charge in [0.25, 0.3) is 10.0 Å². The number of carbonyl (C=O) groups is 1. The van der Waals surface area contributed by atoms with Crippen molar-refractivity contribution in [2.24, 2.45) is 5.10 Å². The summed E-state index contributed by atoms with van der Waals surface area (Å²) >= 11 is 0. The first-order valence-corrected chi connectivity index (χ1v) is 10.8. The number of aryl methyl sites for hydroxylation is 1. The predicted octanol–water partition coefficient (Wildman–Crippen LogP) is 3.98. The summed E-state index contributed by atoms with van der Waals surface area (Å²) in [4.78, 5) is 14.2. The Hall–Kier alpha value is -3.45. The van der Waals surface area contributed by atoms with E-state index in [-0.39, 0.29) is 10.6 Å². The van der Waals surface area contributed by atoms with Crippen LogP contribution in [0, 0.1) is 6.92 Å². The Balaban J connectivity index is 2.05. The average molecular weight is 423 g/mol. The maximum Gasteiger partial charge on any atom is 0.303 e. The summed E-state index contributed by atoms with van der Waals surface area (Å²) in [7, 11) is -3.90. The Labute approximate surface area is 176 Å². The average Bonchev–Trinajstić information content (AvgIpc) is 2.74. The normalized spacial score (nSPS) is 12.8. The molecule has 0 aliphatic heterocycles. The molecule has 30 heavy (non-hydrogen) atoms. The highest BCUT2D eigenvalue weighted by molar-refractivity contribution is 7.89. The van der Waals surface area contributed by atoms with Crippen molar-refractivity contribution in [3.8, 4) is 0 Å². The van der Waals surface area contributed by atoms with Crippen LogP contribution in [0.2, 0.25) is 0 Å². The van der Waals surface area contributed by atoms with Gasteiger partial charge in [0.2, 0.25) is 0 Å². The van der Waals surface area contributed by atoms with E-state index in [0.29, 0.717) is 11.1 Å². The lowest BCUT2D eigenvalue weighted by atomic mass is 9.99. The van der Waals surface area contributed by atoms with Gasteiger partial charge < -0.3 is 4.74 Å². The maximum atomic E-state index is 12.7. The molecule has 1 N–H and O–H groups in total. The minimum absolute atomic E-state index is 0.0907. The number of ether oxygens (including phenoxy) is 1. The lowest BCUT2D eigenvalue weighted by Crippen LogP contribution is -2.25. The van der Waals surface area contributed by atoms with Crippen molar-refractivity contribution in [2.45, 2.75) is 24.8 Å². The number of hydrogen-bond acceptors (Lipinski definition) is 5. The van der Waals surface area contributed by atoms with Crippen molar-refractivity contribution >= 4 is 21.7 Å². The van der Waals surface area contributed by atoms with Crippen LogP contribution < -0.4 is 4.83 Å². The molecular formula is C23H22N2O4S. The molecule has 6 nitrogen and oxygen atoms in total. The largest absolute Gasteiger partial charge is 0.451 e. The minimum atomic E-state index is -3.90. The molecule has 0 heterocycles. The van der Waals surface area contributed by atoms with Crippen LogP contribution in [0.25, 0.3) is 0 Å². The molecule has 0 aromatic heterocycles. The molecule has 0 aliphatic rings. The van der Waals surface area contributed by atoms with E-state index < -0.39 is 22.1 Å². The van der Waals surface area contributed by atoms with E-state index in [0.717, 1.165) is 5.56 Å². The second kappa shape index (κ2) is 9.37. The van der Waals surface area contributed by atoms with Crippen LogP contribution >= 0.6 is 0 Å². The molecule has 0 aliphatic carbocycles. The van der Waals surface area contributed by atoms with Crippen LogP contribution in [-0.4, -0.2) is 20.1 Å². The van der Waals surface area contributed by atoms with Crippen molar-refractivity contribution < 1.29 is 17.9 Å². The molecule has 0 amide bonds. The molecule has 0 fully saturated rings. The molecule has 3 aromatic carbocycles. The zero-order valence-corrected chi connectivity index (χ0v) is 17.5. The number of sulfonamides is 1. The van der Waals surface area contributed by atoms with Crippen molar-refractivity contribution in [3.63, 3.8) is 0 Å². The van der Waals surface area contributed by atoms with E-state index in [1.54, 1.807) is 48.5 Å². The Morgan fingerprint density at radius 2 is 1.47 bits per heavy atom. The molecule has 0 bridgehead atoms. The van der Waals surface area contributed by atoms with Gasteiger partial charge in [-0.1, -0.05) is 78.4 Å². The van der Waals surface area contributed by atoms with Crippen LogP contribution in [0.5, 0.6) is 0 Å². The topological polar surface area (TPSA) is 84.8 Å². The van der Waals surface area contributed by atoms with Crippen molar-refractivity contribution in [3.05, 3.63) is 102 Å². The summed E-state index contributed by atoms with van der Waals surface area (Å²) in [6.45, 7) is 3.17. The van der Waals surface area contributed by atoms with Crippen molar-refractivity contribution in [2.75, 3.05) is 0 Å². The van der Waals surface area contributed by atoms with Gasteiger partial charge in [0.05, 0.1) is 4.90 Å². The third kappa shape index (κ3) is 5.33. The number of nitrogens with zero attached hydrogens (tertiary/aromatic N) is 1. The zero-order chi connectivity index (χ0) is 21.6. The van der Waals surface area contributed by atoms with Gasteiger partial charge in [-0.15, -0.1) is 0 Å². The first-order valence-electron chi connectivity index (χ1n) is 9.30. The summed E-state index contributed by atoms with van der Waals surface area (Å²) in [6.07, 6.45) is -0.883. The number of esters is 1. The van der Waals surface area contributed by atoms with Crippen molar-refractivity contribution in [1.82, 2.24) is 4.83 Å². The molecule has 7 heteroatoms. The summed E-state index contributed by atoms with van der Waals surface area (Å²) in [5.41, 5.74) is 2.51. The molecule has 0 spiro atoms. The van der Waals surface area contributed by atoms with Crippen LogP contribution in [0.3, 0.4) is 0 Å². The second-order valence-electron chi connectivity index (χ2n) is 6.67.